The van der Waals surface area contributed by atoms with E-state index in [4.69, 9.17) is 20.4 Å². The fraction of sp³-hybridized carbons (Fsp3) is 0.581. The summed E-state index contributed by atoms with van der Waals surface area (Å²) in [6.45, 7) is 4.32. The number of fused-ring (bicyclic) bond motifs is 3. The maximum absolute atomic E-state index is 11.9. The highest BCUT2D eigenvalue weighted by Gasteiger charge is 2.33. The Hall–Kier alpha value is -2.75. The molecule has 1 saturated heterocycles. The van der Waals surface area contributed by atoms with E-state index in [0.29, 0.717) is 24.8 Å². The zero-order valence-electron chi connectivity index (χ0n) is 24.1. The number of piperazine rings is 1. The highest BCUT2D eigenvalue weighted by Crippen LogP contribution is 2.47. The molecule has 2 aliphatic carbocycles. The monoisotopic (exact) mass is 562 g/mol. The number of carbonyl (C=O) groups excluding carboxylic acids is 1. The van der Waals surface area contributed by atoms with Gasteiger partial charge < -0.3 is 25.2 Å². The topological polar surface area (TPSA) is 87.8 Å². The van der Waals surface area contributed by atoms with Gasteiger partial charge in [0.05, 0.1) is 5.39 Å². The molecule has 2 N–H and O–H groups in total. The summed E-state index contributed by atoms with van der Waals surface area (Å²) in [7, 11) is 6.51. The van der Waals surface area contributed by atoms with Gasteiger partial charge in [-0.05, 0) is 88.8 Å². The van der Waals surface area contributed by atoms with Crippen molar-refractivity contribution in [1.82, 2.24) is 19.8 Å². The number of rotatable bonds is 8. The molecule has 0 radical (unpaired) electrons. The van der Waals surface area contributed by atoms with Crippen LogP contribution in [-0.2, 0) is 17.6 Å². The zero-order chi connectivity index (χ0) is 27.8. The number of likely N-dealkylation sites (N-methyl/N-ethyl adjacent to an activating group) is 1. The second-order valence-electron chi connectivity index (χ2n) is 12.1. The van der Waals surface area contributed by atoms with Gasteiger partial charge in [0.25, 0.3) is 0 Å². The Morgan fingerprint density at radius 1 is 1.05 bits per heavy atom. The summed E-state index contributed by atoms with van der Waals surface area (Å²) in [5, 5.41) is 1.02. The predicted molar refractivity (Wildman–Crippen MR) is 162 cm³/mol. The third-order valence-corrected chi connectivity index (χ3v) is 10.2. The van der Waals surface area contributed by atoms with Crippen molar-refractivity contribution < 1.29 is 9.53 Å². The molecule has 8 nitrogen and oxygen atoms in total. The van der Waals surface area contributed by atoms with Gasteiger partial charge in [-0.25, -0.2) is 4.98 Å². The van der Waals surface area contributed by atoms with Gasteiger partial charge in [-0.2, -0.15) is 4.98 Å². The van der Waals surface area contributed by atoms with Gasteiger partial charge in [0.2, 0.25) is 11.8 Å². The molecule has 3 aliphatic rings. The molecule has 1 atom stereocenters. The number of anilines is 1. The number of primary amides is 1. The fourth-order valence-electron chi connectivity index (χ4n) is 6.67. The Morgan fingerprint density at radius 3 is 2.45 bits per heavy atom. The lowest BCUT2D eigenvalue weighted by molar-refractivity contribution is -0.118. The van der Waals surface area contributed by atoms with E-state index in [1.807, 2.05) is 0 Å². The van der Waals surface area contributed by atoms with Crippen LogP contribution in [0.5, 0.6) is 5.88 Å². The van der Waals surface area contributed by atoms with Crippen LogP contribution in [-0.4, -0.2) is 85.1 Å². The molecule has 2 aromatic heterocycles. The van der Waals surface area contributed by atoms with Crippen LogP contribution >= 0.6 is 11.3 Å². The van der Waals surface area contributed by atoms with Gasteiger partial charge >= 0.3 is 0 Å². The van der Waals surface area contributed by atoms with Crippen LogP contribution in [0, 0.1) is 0 Å². The number of amides is 1. The van der Waals surface area contributed by atoms with Crippen molar-refractivity contribution in [2.24, 2.45) is 5.73 Å². The van der Waals surface area contributed by atoms with Crippen molar-refractivity contribution in [3.63, 3.8) is 0 Å². The van der Waals surface area contributed by atoms with Crippen LogP contribution in [0.3, 0.4) is 0 Å². The molecule has 1 amide bonds. The molecule has 2 fully saturated rings. The second kappa shape index (κ2) is 11.6. The van der Waals surface area contributed by atoms with Crippen LogP contribution in [0.25, 0.3) is 10.2 Å². The quantitative estimate of drug-likeness (QED) is 0.441. The summed E-state index contributed by atoms with van der Waals surface area (Å²) in [6.07, 6.45) is 7.40. The van der Waals surface area contributed by atoms with Gasteiger partial charge in [-0.1, -0.05) is 12.1 Å². The molecule has 0 bridgehead atoms. The maximum Gasteiger partial charge on any atom is 0.226 e. The van der Waals surface area contributed by atoms with E-state index in [1.54, 1.807) is 11.3 Å². The number of aryl methyl sites for hydroxylation is 1. The molecular formula is C31H42N6O2S. The average molecular weight is 563 g/mol. The van der Waals surface area contributed by atoms with E-state index in [2.05, 4.69) is 60.1 Å². The fourth-order valence-corrected chi connectivity index (χ4v) is 7.95. The maximum atomic E-state index is 11.9. The van der Waals surface area contributed by atoms with Crippen molar-refractivity contribution in [2.75, 3.05) is 52.2 Å². The Morgan fingerprint density at radius 2 is 1.77 bits per heavy atom. The lowest BCUT2D eigenvalue weighted by Crippen LogP contribution is -2.44. The van der Waals surface area contributed by atoms with Crippen molar-refractivity contribution in [3.8, 4) is 5.88 Å². The van der Waals surface area contributed by atoms with E-state index >= 15 is 0 Å². The normalized spacial score (nSPS) is 23.6. The number of carbonyl (C=O) groups is 1. The molecular weight excluding hydrogens is 520 g/mol. The summed E-state index contributed by atoms with van der Waals surface area (Å²) in [6, 6.07) is 9.49. The number of hydrogen-bond acceptors (Lipinski definition) is 8. The molecule has 214 valence electrons. The number of hydrogen-bond donors (Lipinski definition) is 1. The number of benzene rings is 1. The van der Waals surface area contributed by atoms with Gasteiger partial charge in [-0.15, -0.1) is 11.3 Å². The van der Waals surface area contributed by atoms with Gasteiger partial charge in [0.1, 0.15) is 16.8 Å². The number of thiophene rings is 1. The minimum Gasteiger partial charge on any atom is -0.474 e. The first kappa shape index (κ1) is 27.4. The molecule has 1 saturated carbocycles. The molecule has 40 heavy (non-hydrogen) atoms. The van der Waals surface area contributed by atoms with Crippen molar-refractivity contribution in [3.05, 3.63) is 46.1 Å². The third kappa shape index (κ3) is 5.83. The molecule has 1 aromatic carbocycles. The van der Waals surface area contributed by atoms with Crippen LogP contribution in [0.4, 0.5) is 5.69 Å². The Labute approximate surface area is 241 Å². The predicted octanol–water partition coefficient (Wildman–Crippen LogP) is 4.19. The molecule has 1 unspecified atom stereocenters. The third-order valence-electron chi connectivity index (χ3n) is 9.07. The molecule has 3 aromatic rings. The number of nitrogens with two attached hydrogens (primary N) is 1. The van der Waals surface area contributed by atoms with Crippen LogP contribution in [0.2, 0.25) is 0 Å². The lowest BCUT2D eigenvalue weighted by Gasteiger charge is -2.34. The number of aromatic nitrogens is 2. The minimum atomic E-state index is -0.251. The highest BCUT2D eigenvalue weighted by atomic mass is 32.1. The van der Waals surface area contributed by atoms with Crippen LogP contribution in [0.1, 0.15) is 66.3 Å². The largest absolute Gasteiger partial charge is 0.474 e. The summed E-state index contributed by atoms with van der Waals surface area (Å²) in [5.41, 5.74) is 9.32. The van der Waals surface area contributed by atoms with Crippen molar-refractivity contribution in [1.29, 1.82) is 0 Å². The molecule has 3 heterocycles. The van der Waals surface area contributed by atoms with Crippen LogP contribution in [0.15, 0.2) is 24.3 Å². The van der Waals surface area contributed by atoms with E-state index in [0.717, 1.165) is 80.7 Å². The van der Waals surface area contributed by atoms with E-state index in [-0.39, 0.29) is 17.9 Å². The summed E-state index contributed by atoms with van der Waals surface area (Å²) in [5.74, 6) is 1.38. The first-order valence-corrected chi connectivity index (χ1v) is 15.6. The van der Waals surface area contributed by atoms with Crippen molar-refractivity contribution in [2.45, 2.75) is 69.4 Å². The van der Waals surface area contributed by atoms with E-state index in [9.17, 15) is 4.79 Å². The minimum absolute atomic E-state index is 0.129. The highest BCUT2D eigenvalue weighted by molar-refractivity contribution is 7.19. The van der Waals surface area contributed by atoms with Crippen molar-refractivity contribution >= 4 is 33.1 Å². The number of ether oxygens (including phenoxy) is 1. The van der Waals surface area contributed by atoms with Gasteiger partial charge in [-0.3, -0.25) is 4.79 Å². The van der Waals surface area contributed by atoms with E-state index < -0.39 is 0 Å². The Balaban J connectivity index is 1.27. The Bertz CT molecular complexity index is 1340. The molecule has 9 heteroatoms. The summed E-state index contributed by atoms with van der Waals surface area (Å²) in [4.78, 5) is 31.4. The first-order chi connectivity index (χ1) is 19.3. The average Bonchev–Trinajstić information content (AvgIpc) is 3.49. The van der Waals surface area contributed by atoms with E-state index in [1.165, 1.54) is 21.7 Å². The number of nitrogens with zero attached hydrogens (tertiary/aromatic N) is 5. The molecule has 1 aliphatic heterocycles. The first-order valence-electron chi connectivity index (χ1n) is 14.8. The lowest BCUT2D eigenvalue weighted by atomic mass is 9.92. The standard InChI is InChI=1S/C31H42N6O2S/c1-35(2)22-9-11-24(12-10-22)39-30-29-28-21(19-26(32)38)6-13-25(28)40-31(29)34-27(33-30)18-20-4-7-23(8-5-20)37-16-14-36(3)15-17-37/h4-5,7-8,21-22,24H,6,9-19H2,1-3H3,(H2,32,38). The summed E-state index contributed by atoms with van der Waals surface area (Å²) >= 11 is 1.74. The zero-order valence-corrected chi connectivity index (χ0v) is 24.9. The Kier molecular flexibility index (Phi) is 7.97. The molecule has 6 rings (SSSR count). The molecule has 0 spiro atoms. The van der Waals surface area contributed by atoms with Crippen LogP contribution < -0.4 is 15.4 Å². The smallest absolute Gasteiger partial charge is 0.226 e. The summed E-state index contributed by atoms with van der Waals surface area (Å²) < 4.78 is 6.73. The van der Waals surface area contributed by atoms with Gasteiger partial charge in [0.15, 0.2) is 0 Å². The second-order valence-corrected chi connectivity index (χ2v) is 13.2. The van der Waals surface area contributed by atoms with Gasteiger partial charge in [0, 0.05) is 55.6 Å². The SMILES string of the molecule is CN1CCN(c2ccc(Cc3nc(OC4CCC(N(C)C)CC4)c4c5c(sc4n3)CCC5CC(N)=O)cc2)CC1.